The molecule has 0 spiro atoms. The van der Waals surface area contributed by atoms with Crippen LogP contribution in [0.3, 0.4) is 0 Å². The minimum atomic E-state index is -3.54. The SMILES string of the molecule is CC1(C)CCc2c1nc1c(c2NC(=O)N=S(N)(=O)c2cnn3c2OCC(N2CCCC2)C3)CCC1. The standard InChI is InChI=1S/C24H33N7O3S/c1-24(2)9-8-17-20(16-6-5-7-18(16)27-21(17)24)28-23(32)29-35(25,33)19-12-26-31-13-15(14-34-22(19)31)30-10-3-4-11-30/h12,15H,3-11,13-14H2,1-2H3,(H3,25,27,28,29,32,33). The highest BCUT2D eigenvalue weighted by Crippen LogP contribution is 2.44. The number of aryl methyl sites for hydroxylation is 1. The predicted octanol–water partition coefficient (Wildman–Crippen LogP) is 2.78. The smallest absolute Gasteiger partial charge is 0.354 e. The lowest BCUT2D eigenvalue weighted by atomic mass is 9.90. The first-order chi connectivity index (χ1) is 16.7. The highest BCUT2D eigenvalue weighted by atomic mass is 32.2. The number of pyridine rings is 1. The first-order valence-electron chi connectivity index (χ1n) is 12.6. The molecule has 11 heteroatoms. The average Bonchev–Trinajstić information content (AvgIpc) is 3.60. The number of ether oxygens (including phenoxy) is 1. The molecule has 2 aromatic rings. The third-order valence-corrected chi connectivity index (χ3v) is 9.29. The van der Waals surface area contributed by atoms with Gasteiger partial charge in [0.1, 0.15) is 11.5 Å². The number of rotatable bonds is 3. The zero-order valence-electron chi connectivity index (χ0n) is 20.4. The summed E-state index contributed by atoms with van der Waals surface area (Å²) in [5.74, 6) is 0.344. The van der Waals surface area contributed by atoms with Crippen LogP contribution in [0.15, 0.2) is 15.5 Å². The molecular formula is C24H33N7O3S. The van der Waals surface area contributed by atoms with E-state index in [0.29, 0.717) is 19.0 Å². The molecule has 0 bridgehead atoms. The zero-order valence-corrected chi connectivity index (χ0v) is 21.2. The van der Waals surface area contributed by atoms with Gasteiger partial charge < -0.3 is 10.1 Å². The van der Waals surface area contributed by atoms with Crippen LogP contribution in [0.25, 0.3) is 0 Å². The van der Waals surface area contributed by atoms with Gasteiger partial charge in [-0.05, 0) is 69.2 Å². The number of urea groups is 1. The van der Waals surface area contributed by atoms with Gasteiger partial charge in [-0.25, -0.2) is 18.8 Å². The van der Waals surface area contributed by atoms with Gasteiger partial charge in [0.25, 0.3) is 0 Å². The van der Waals surface area contributed by atoms with Crippen molar-refractivity contribution in [3.05, 3.63) is 28.7 Å². The largest absolute Gasteiger partial charge is 0.475 e. The molecule has 2 aromatic heterocycles. The first kappa shape index (κ1) is 22.9. The first-order valence-corrected chi connectivity index (χ1v) is 14.1. The summed E-state index contributed by atoms with van der Waals surface area (Å²) in [5.41, 5.74) is 5.00. The van der Waals surface area contributed by atoms with Gasteiger partial charge in [-0.1, -0.05) is 13.8 Å². The Morgan fingerprint density at radius 3 is 2.83 bits per heavy atom. The van der Waals surface area contributed by atoms with Crippen molar-refractivity contribution < 1.29 is 13.7 Å². The Kier molecular flexibility index (Phi) is 5.42. The van der Waals surface area contributed by atoms with E-state index in [2.05, 4.69) is 33.5 Å². The minimum absolute atomic E-state index is 0.0352. The van der Waals surface area contributed by atoms with Crippen LogP contribution in [0.5, 0.6) is 5.88 Å². The van der Waals surface area contributed by atoms with Crippen LogP contribution in [-0.4, -0.2) is 55.6 Å². The summed E-state index contributed by atoms with van der Waals surface area (Å²) in [6.45, 7) is 7.61. The Bertz CT molecular complexity index is 1320. The van der Waals surface area contributed by atoms with Crippen LogP contribution in [-0.2, 0) is 41.1 Å². The Morgan fingerprint density at radius 1 is 1.23 bits per heavy atom. The van der Waals surface area contributed by atoms with Crippen LogP contribution in [0.2, 0.25) is 0 Å². The highest BCUT2D eigenvalue weighted by Gasteiger charge is 2.37. The second-order valence-corrected chi connectivity index (χ2v) is 12.5. The number of carbonyl (C=O) groups is 1. The molecule has 2 amide bonds. The fourth-order valence-electron chi connectivity index (χ4n) is 6.02. The van der Waals surface area contributed by atoms with E-state index in [1.54, 1.807) is 4.68 Å². The number of hydrogen-bond donors (Lipinski definition) is 2. The van der Waals surface area contributed by atoms with Crippen LogP contribution >= 0.6 is 0 Å². The molecule has 3 N–H and O–H groups in total. The van der Waals surface area contributed by atoms with E-state index in [4.69, 9.17) is 14.9 Å². The van der Waals surface area contributed by atoms with E-state index in [-0.39, 0.29) is 16.4 Å². The maximum absolute atomic E-state index is 13.4. The van der Waals surface area contributed by atoms with Crippen LogP contribution in [0.1, 0.15) is 62.0 Å². The quantitative estimate of drug-likeness (QED) is 0.668. The van der Waals surface area contributed by atoms with Crippen LogP contribution in [0, 0.1) is 0 Å². The molecule has 1 fully saturated rings. The van der Waals surface area contributed by atoms with E-state index in [0.717, 1.165) is 73.4 Å². The van der Waals surface area contributed by atoms with Gasteiger partial charge in [-0.3, -0.25) is 9.88 Å². The monoisotopic (exact) mass is 499 g/mol. The Morgan fingerprint density at radius 2 is 2.03 bits per heavy atom. The predicted molar refractivity (Wildman–Crippen MR) is 132 cm³/mol. The van der Waals surface area contributed by atoms with Crippen molar-refractivity contribution in [1.29, 1.82) is 0 Å². The third-order valence-electron chi connectivity index (χ3n) is 7.94. The normalized spacial score (nSPS) is 24.3. The minimum Gasteiger partial charge on any atom is -0.475 e. The maximum Gasteiger partial charge on any atom is 0.354 e. The molecule has 0 saturated carbocycles. The third kappa shape index (κ3) is 3.93. The molecule has 4 heterocycles. The lowest BCUT2D eigenvalue weighted by molar-refractivity contribution is 0.0994. The molecule has 2 aliphatic heterocycles. The second kappa shape index (κ2) is 8.28. The number of likely N-dealkylation sites (tertiary alicyclic amines) is 1. The second-order valence-electron chi connectivity index (χ2n) is 10.8. The van der Waals surface area contributed by atoms with Gasteiger partial charge in [0, 0.05) is 11.1 Å². The molecular weight excluding hydrogens is 466 g/mol. The summed E-state index contributed by atoms with van der Waals surface area (Å²) in [6.07, 6.45) is 8.42. The molecule has 10 nitrogen and oxygen atoms in total. The fraction of sp³-hybridized carbons (Fsp3) is 0.625. The van der Waals surface area contributed by atoms with Gasteiger partial charge in [-0.2, -0.15) is 5.10 Å². The van der Waals surface area contributed by atoms with Crippen molar-refractivity contribution in [3.63, 3.8) is 0 Å². The summed E-state index contributed by atoms with van der Waals surface area (Å²) >= 11 is 0. The number of carbonyl (C=O) groups excluding carboxylic acids is 1. The highest BCUT2D eigenvalue weighted by molar-refractivity contribution is 7.91. The van der Waals surface area contributed by atoms with Crippen molar-refractivity contribution in [2.24, 2.45) is 9.50 Å². The molecule has 35 heavy (non-hydrogen) atoms. The Hall–Kier alpha value is -2.50. The van der Waals surface area contributed by atoms with E-state index in [1.807, 2.05) is 0 Å². The number of nitrogens with zero attached hydrogens (tertiary/aromatic N) is 5. The fourth-order valence-corrected chi connectivity index (χ4v) is 7.03. The Balaban J connectivity index is 1.27. The summed E-state index contributed by atoms with van der Waals surface area (Å²) in [5, 5.41) is 13.4. The van der Waals surface area contributed by atoms with Gasteiger partial charge >= 0.3 is 6.03 Å². The topological polar surface area (TPSA) is 128 Å². The van der Waals surface area contributed by atoms with Crippen LogP contribution in [0.4, 0.5) is 10.5 Å². The van der Waals surface area contributed by atoms with Crippen LogP contribution < -0.4 is 15.2 Å². The lowest BCUT2D eigenvalue weighted by Crippen LogP contribution is -2.43. The van der Waals surface area contributed by atoms with Gasteiger partial charge in [-0.15, -0.1) is 4.36 Å². The molecule has 1 saturated heterocycles. The summed E-state index contributed by atoms with van der Waals surface area (Å²) in [7, 11) is -3.54. The zero-order chi connectivity index (χ0) is 24.4. The number of nitrogens with one attached hydrogen (secondary N) is 1. The number of anilines is 1. The molecule has 0 aromatic carbocycles. The molecule has 2 unspecified atom stereocenters. The van der Waals surface area contributed by atoms with E-state index in [9.17, 15) is 9.00 Å². The summed E-state index contributed by atoms with van der Waals surface area (Å²) < 4.78 is 25.0. The molecule has 2 atom stereocenters. The van der Waals surface area contributed by atoms with E-state index in [1.165, 1.54) is 19.0 Å². The molecule has 2 aliphatic carbocycles. The van der Waals surface area contributed by atoms with E-state index >= 15 is 0 Å². The molecule has 4 aliphatic rings. The van der Waals surface area contributed by atoms with Gasteiger partial charge in [0.05, 0.1) is 30.2 Å². The number of nitrogens with two attached hydrogens (primary N) is 1. The molecule has 6 rings (SSSR count). The number of amides is 2. The average molecular weight is 500 g/mol. The van der Waals surface area contributed by atoms with Crippen molar-refractivity contribution in [2.75, 3.05) is 25.0 Å². The van der Waals surface area contributed by atoms with Crippen molar-refractivity contribution >= 4 is 21.6 Å². The van der Waals surface area contributed by atoms with Gasteiger partial charge in [0.15, 0.2) is 9.92 Å². The Labute approximate surface area is 205 Å². The van der Waals surface area contributed by atoms with E-state index < -0.39 is 15.9 Å². The van der Waals surface area contributed by atoms with Crippen molar-refractivity contribution in [1.82, 2.24) is 19.7 Å². The van der Waals surface area contributed by atoms with Gasteiger partial charge in [0.2, 0.25) is 5.88 Å². The number of fused-ring (bicyclic) bond motifs is 3. The maximum atomic E-state index is 13.4. The van der Waals surface area contributed by atoms with Crippen molar-refractivity contribution in [3.8, 4) is 5.88 Å². The molecule has 0 radical (unpaired) electrons. The van der Waals surface area contributed by atoms with Crippen molar-refractivity contribution in [2.45, 2.75) is 81.7 Å². The lowest BCUT2D eigenvalue weighted by Gasteiger charge is -2.31. The summed E-state index contributed by atoms with van der Waals surface area (Å²) in [6, 6.07) is -0.484. The molecule has 188 valence electrons. The number of aromatic nitrogens is 3. The summed E-state index contributed by atoms with van der Waals surface area (Å²) in [4.78, 5) is 20.6. The number of hydrogen-bond acceptors (Lipinski definition) is 6.